The first-order chi connectivity index (χ1) is 3.18. The molecule has 0 aromatic carbocycles. The Morgan fingerprint density at radius 3 is 2.14 bits per heavy atom. The lowest BCUT2D eigenvalue weighted by Gasteiger charge is -1.97. The summed E-state index contributed by atoms with van der Waals surface area (Å²) >= 11 is 0. The summed E-state index contributed by atoms with van der Waals surface area (Å²) in [6.45, 7) is 3.59. The first-order valence-electron chi connectivity index (χ1n) is 2.26. The van der Waals surface area contributed by atoms with E-state index < -0.39 is 0 Å². The van der Waals surface area contributed by atoms with Gasteiger partial charge in [-0.15, -0.1) is 0 Å². The standard InChI is InChI=1S/C5H10O2.H/c1-4(2)5(6)7-3;/h4H,1-3H3;. The summed E-state index contributed by atoms with van der Waals surface area (Å²) in [7, 11) is 1.39. The van der Waals surface area contributed by atoms with E-state index in [0.29, 0.717) is 0 Å². The zero-order valence-corrected chi connectivity index (χ0v) is 4.89. The monoisotopic (exact) mass is 103 g/mol. The molecule has 0 aromatic rings. The average molecular weight is 103 g/mol. The van der Waals surface area contributed by atoms with Crippen molar-refractivity contribution < 1.29 is 11.0 Å². The number of hydrogen-bond donors (Lipinski definition) is 0. The van der Waals surface area contributed by atoms with Crippen LogP contribution in [0.15, 0.2) is 0 Å². The fourth-order valence-electron chi connectivity index (χ4n) is 0.236. The minimum atomic E-state index is -0.153. The molecular weight excluding hydrogens is 92.1 g/mol. The van der Waals surface area contributed by atoms with Crippen molar-refractivity contribution in [2.24, 2.45) is 5.92 Å². The van der Waals surface area contributed by atoms with Crippen molar-refractivity contribution in [3.05, 3.63) is 0 Å². The van der Waals surface area contributed by atoms with Gasteiger partial charge < -0.3 is 4.74 Å². The molecule has 0 aromatic heterocycles. The van der Waals surface area contributed by atoms with Gasteiger partial charge in [0.15, 0.2) is 0 Å². The van der Waals surface area contributed by atoms with Crippen molar-refractivity contribution in [1.82, 2.24) is 0 Å². The van der Waals surface area contributed by atoms with Crippen LogP contribution in [0.2, 0.25) is 0 Å². The highest BCUT2D eigenvalue weighted by atomic mass is 16.5. The molecule has 43 valence electrons. The van der Waals surface area contributed by atoms with Gasteiger partial charge >= 0.3 is 5.97 Å². The minimum Gasteiger partial charge on any atom is -0.469 e. The van der Waals surface area contributed by atoms with Crippen LogP contribution in [0.3, 0.4) is 0 Å². The third-order valence-corrected chi connectivity index (χ3v) is 0.673. The van der Waals surface area contributed by atoms with Crippen molar-refractivity contribution in [3.8, 4) is 0 Å². The van der Waals surface area contributed by atoms with Gasteiger partial charge in [-0.1, -0.05) is 13.8 Å². The Labute approximate surface area is 45.0 Å². The molecule has 0 aliphatic heterocycles. The molecule has 0 N–H and O–H groups in total. The number of carbonyl (C=O) groups is 1. The van der Waals surface area contributed by atoms with Gasteiger partial charge in [-0.05, 0) is 0 Å². The summed E-state index contributed by atoms with van der Waals surface area (Å²) in [4.78, 5) is 10.3. The zero-order valence-electron chi connectivity index (χ0n) is 5.89. The van der Waals surface area contributed by atoms with Crippen LogP contribution < -0.4 is 0 Å². The Balaban J connectivity index is 0. The Morgan fingerprint density at radius 2 is 2.14 bits per heavy atom. The maximum Gasteiger partial charge on any atom is 0.308 e. The third kappa shape index (κ3) is 2.20. The molecule has 0 atom stereocenters. The molecule has 0 spiro atoms. The van der Waals surface area contributed by atoms with Crippen LogP contribution in [0.25, 0.3) is 0 Å². The molecular formula is C5H11O2. The highest BCUT2D eigenvalue weighted by Crippen LogP contribution is 1.91. The van der Waals surface area contributed by atoms with E-state index in [9.17, 15) is 4.79 Å². The molecule has 0 rings (SSSR count). The molecule has 0 unspecified atom stereocenters. The van der Waals surface area contributed by atoms with Crippen LogP contribution in [-0.4, -0.2) is 13.1 Å². The van der Waals surface area contributed by atoms with Crippen LogP contribution in [0.1, 0.15) is 15.3 Å². The van der Waals surface area contributed by atoms with Gasteiger partial charge in [0.05, 0.1) is 13.0 Å². The van der Waals surface area contributed by atoms with Crippen molar-refractivity contribution in [2.45, 2.75) is 13.8 Å². The van der Waals surface area contributed by atoms with E-state index in [1.807, 2.05) is 0 Å². The van der Waals surface area contributed by atoms with Gasteiger partial charge in [0, 0.05) is 1.43 Å². The second-order valence-corrected chi connectivity index (χ2v) is 1.68. The van der Waals surface area contributed by atoms with Gasteiger partial charge in [0.25, 0.3) is 0 Å². The second kappa shape index (κ2) is 2.61. The fourth-order valence-corrected chi connectivity index (χ4v) is 0.236. The van der Waals surface area contributed by atoms with Crippen LogP contribution in [-0.2, 0) is 9.53 Å². The van der Waals surface area contributed by atoms with Crippen LogP contribution in [0, 0.1) is 5.92 Å². The molecule has 1 radical (unpaired) electrons. The first kappa shape index (κ1) is 6.47. The van der Waals surface area contributed by atoms with E-state index in [0.717, 1.165) is 0 Å². The van der Waals surface area contributed by atoms with Crippen molar-refractivity contribution in [1.29, 1.82) is 0 Å². The molecule has 0 saturated carbocycles. The van der Waals surface area contributed by atoms with Crippen LogP contribution >= 0.6 is 0 Å². The van der Waals surface area contributed by atoms with Gasteiger partial charge in [-0.2, -0.15) is 0 Å². The second-order valence-electron chi connectivity index (χ2n) is 1.68. The lowest BCUT2D eigenvalue weighted by atomic mass is 10.2. The normalized spacial score (nSPS) is 9.14. The van der Waals surface area contributed by atoms with Gasteiger partial charge in [0.2, 0.25) is 0 Å². The number of esters is 1. The van der Waals surface area contributed by atoms with Crippen LogP contribution in [0.5, 0.6) is 0 Å². The third-order valence-electron chi connectivity index (χ3n) is 0.673. The Kier molecular flexibility index (Phi) is 2.41. The van der Waals surface area contributed by atoms with Gasteiger partial charge in [0.1, 0.15) is 0 Å². The lowest BCUT2D eigenvalue weighted by molar-refractivity contribution is -0.144. The summed E-state index contributed by atoms with van der Waals surface area (Å²) in [5.74, 6) is -0.148. The molecule has 2 nitrogen and oxygen atoms in total. The number of carbonyl (C=O) groups excluding carboxylic acids is 1. The minimum absolute atomic E-state index is 0. The van der Waals surface area contributed by atoms with Crippen LogP contribution in [0.4, 0.5) is 0 Å². The quantitative estimate of drug-likeness (QED) is 0.461. The highest BCUT2D eigenvalue weighted by Gasteiger charge is 2.03. The Bertz CT molecular complexity index is 70.8. The summed E-state index contributed by atoms with van der Waals surface area (Å²) < 4.78 is 4.37. The average Bonchev–Trinajstić information content (AvgIpc) is 1.65. The number of methoxy groups -OCH3 is 1. The van der Waals surface area contributed by atoms with E-state index in [1.54, 1.807) is 13.8 Å². The van der Waals surface area contributed by atoms with Gasteiger partial charge in [-0.3, -0.25) is 4.79 Å². The fraction of sp³-hybridized carbons (Fsp3) is 0.800. The molecule has 0 aliphatic rings. The van der Waals surface area contributed by atoms with E-state index in [4.69, 9.17) is 0 Å². The predicted octanol–water partition coefficient (Wildman–Crippen LogP) is 0.928. The molecule has 2 heteroatoms. The molecule has 0 fully saturated rings. The molecule has 0 saturated heterocycles. The van der Waals surface area contributed by atoms with E-state index in [1.165, 1.54) is 7.11 Å². The predicted molar refractivity (Wildman–Crippen MR) is 28.0 cm³/mol. The molecule has 0 bridgehead atoms. The smallest absolute Gasteiger partial charge is 0.308 e. The van der Waals surface area contributed by atoms with E-state index >= 15 is 0 Å². The maximum atomic E-state index is 10.3. The summed E-state index contributed by atoms with van der Waals surface area (Å²) in [6, 6.07) is 0. The molecule has 0 aliphatic carbocycles. The van der Waals surface area contributed by atoms with E-state index in [2.05, 4.69) is 4.74 Å². The first-order valence-corrected chi connectivity index (χ1v) is 2.26. The highest BCUT2D eigenvalue weighted by molar-refractivity contribution is 5.71. The Morgan fingerprint density at radius 1 is 1.71 bits per heavy atom. The summed E-state index contributed by atoms with van der Waals surface area (Å²) in [5, 5.41) is 0. The maximum absolute atomic E-state index is 10.3. The number of ether oxygens (including phenoxy) is 1. The van der Waals surface area contributed by atoms with Crippen molar-refractivity contribution >= 4 is 5.97 Å². The molecule has 7 heavy (non-hydrogen) atoms. The Hall–Kier alpha value is -0.530. The van der Waals surface area contributed by atoms with Crippen molar-refractivity contribution in [2.75, 3.05) is 7.11 Å². The zero-order chi connectivity index (χ0) is 5.86. The topological polar surface area (TPSA) is 26.3 Å². The largest absolute Gasteiger partial charge is 0.469 e. The molecule has 0 heterocycles. The SMILES string of the molecule is COC(=O)C(C)C.[H]. The summed E-state index contributed by atoms with van der Waals surface area (Å²) in [5.41, 5.74) is 0. The number of hydrogen-bond acceptors (Lipinski definition) is 2. The lowest BCUT2D eigenvalue weighted by Crippen LogP contribution is -2.07. The molecule has 0 amide bonds. The van der Waals surface area contributed by atoms with Crippen molar-refractivity contribution in [3.63, 3.8) is 0 Å². The number of rotatable bonds is 1. The summed E-state index contributed by atoms with van der Waals surface area (Å²) in [6.07, 6.45) is 0. The van der Waals surface area contributed by atoms with E-state index in [-0.39, 0.29) is 13.3 Å². The van der Waals surface area contributed by atoms with Gasteiger partial charge in [-0.25, -0.2) is 0 Å².